The van der Waals surface area contributed by atoms with Crippen molar-refractivity contribution in [2.45, 2.75) is 36.9 Å². The van der Waals surface area contributed by atoms with Gasteiger partial charge in [0, 0.05) is 13.1 Å². The topological polar surface area (TPSA) is 46.6 Å². The molecule has 1 aliphatic heterocycles. The van der Waals surface area contributed by atoms with Gasteiger partial charge in [-0.3, -0.25) is 9.59 Å². The van der Waals surface area contributed by atoms with Crippen LogP contribution in [-0.4, -0.2) is 40.8 Å². The Labute approximate surface area is 111 Å². The molecule has 0 atom stereocenters. The van der Waals surface area contributed by atoms with E-state index in [1.165, 1.54) is 0 Å². The van der Waals surface area contributed by atoms with Crippen molar-refractivity contribution in [2.24, 2.45) is 0 Å². The summed E-state index contributed by atoms with van der Waals surface area (Å²) in [4.78, 5) is 24.7. The number of rotatable bonds is 4. The number of carbonyl (C=O) groups excluding carboxylic acids is 2. The van der Waals surface area contributed by atoms with E-state index in [1.807, 2.05) is 0 Å². The van der Waals surface area contributed by atoms with Gasteiger partial charge in [0.25, 0.3) is 5.91 Å². The van der Waals surface area contributed by atoms with Gasteiger partial charge in [0.1, 0.15) is 0 Å². The summed E-state index contributed by atoms with van der Waals surface area (Å²) in [7, 11) is 0. The molecule has 0 aromatic rings. The third-order valence-electron chi connectivity index (χ3n) is 2.66. The van der Waals surface area contributed by atoms with Gasteiger partial charge in [0.05, 0.1) is 13.0 Å². The van der Waals surface area contributed by atoms with Crippen molar-refractivity contribution in [3.05, 3.63) is 0 Å². The van der Waals surface area contributed by atoms with Crippen molar-refractivity contribution in [3.63, 3.8) is 0 Å². The highest BCUT2D eigenvalue weighted by Crippen LogP contribution is 2.32. The van der Waals surface area contributed by atoms with Crippen LogP contribution in [0, 0.1) is 0 Å². The summed E-state index contributed by atoms with van der Waals surface area (Å²) in [6, 6.07) is 0. The second-order valence-corrected chi connectivity index (χ2v) is 5.49. The normalized spacial score (nSPS) is 19.9. The molecule has 0 aromatic carbocycles. The van der Waals surface area contributed by atoms with Crippen LogP contribution in [0.3, 0.4) is 0 Å². The molecular weight excluding hydrogens is 265 g/mol. The Balaban J connectivity index is 2.51. The Bertz CT molecular complexity index is 294. The van der Waals surface area contributed by atoms with Gasteiger partial charge in [-0.25, -0.2) is 0 Å². The van der Waals surface area contributed by atoms with Crippen molar-refractivity contribution < 1.29 is 14.3 Å². The second-order valence-electron chi connectivity index (χ2n) is 4.01. The summed E-state index contributed by atoms with van der Waals surface area (Å²) in [5, 5.41) is 0. The average Bonchev–Trinajstić information content (AvgIpc) is 2.38. The van der Waals surface area contributed by atoms with E-state index in [0.717, 1.165) is 12.8 Å². The molecule has 0 N–H and O–H groups in total. The average molecular weight is 282 g/mol. The minimum absolute atomic E-state index is 0.184. The van der Waals surface area contributed by atoms with Gasteiger partial charge >= 0.3 is 5.97 Å². The van der Waals surface area contributed by atoms with Gasteiger partial charge < -0.3 is 9.64 Å². The lowest BCUT2D eigenvalue weighted by Crippen LogP contribution is -2.41. The van der Waals surface area contributed by atoms with Gasteiger partial charge in [-0.05, 0) is 26.2 Å². The summed E-state index contributed by atoms with van der Waals surface area (Å²) in [6.45, 7) is 3.01. The van der Waals surface area contributed by atoms with Crippen LogP contribution in [0.5, 0.6) is 0 Å². The third-order valence-corrected chi connectivity index (χ3v) is 3.36. The zero-order valence-corrected chi connectivity index (χ0v) is 11.4. The highest BCUT2D eigenvalue weighted by atomic mass is 35.5. The first kappa shape index (κ1) is 14.6. The molecule has 1 heterocycles. The fourth-order valence-electron chi connectivity index (χ4n) is 1.76. The Morgan fingerprint density at radius 2 is 2.18 bits per heavy atom. The molecule has 4 nitrogen and oxygen atoms in total. The molecule has 0 spiro atoms. The number of carbonyl (C=O) groups is 2. The molecule has 0 aromatic heterocycles. The van der Waals surface area contributed by atoms with Gasteiger partial charge in [-0.1, -0.05) is 23.2 Å². The van der Waals surface area contributed by atoms with Crippen LogP contribution in [0.4, 0.5) is 0 Å². The Morgan fingerprint density at radius 3 is 2.82 bits per heavy atom. The van der Waals surface area contributed by atoms with Crippen LogP contribution in [0.25, 0.3) is 0 Å². The third kappa shape index (κ3) is 4.36. The summed E-state index contributed by atoms with van der Waals surface area (Å²) in [5.41, 5.74) is 0. The Hall–Kier alpha value is -0.480. The fraction of sp³-hybridized carbons (Fsp3) is 0.818. The van der Waals surface area contributed by atoms with Crippen LogP contribution >= 0.6 is 23.2 Å². The van der Waals surface area contributed by atoms with Crippen LogP contribution in [0.2, 0.25) is 0 Å². The molecule has 0 saturated carbocycles. The molecule has 1 rings (SSSR count). The number of halogens is 2. The maximum atomic E-state index is 11.9. The molecule has 1 fully saturated rings. The molecule has 1 aliphatic rings. The van der Waals surface area contributed by atoms with E-state index in [-0.39, 0.29) is 18.3 Å². The maximum absolute atomic E-state index is 11.9. The summed E-state index contributed by atoms with van der Waals surface area (Å²) < 4.78 is 3.47. The number of hydrogen-bond acceptors (Lipinski definition) is 3. The molecule has 1 saturated heterocycles. The summed E-state index contributed by atoms with van der Waals surface area (Å²) >= 11 is 11.9. The lowest BCUT2D eigenvalue weighted by molar-refractivity contribution is -0.144. The molecule has 0 aliphatic carbocycles. The number of alkyl halides is 2. The van der Waals surface area contributed by atoms with Crippen molar-refractivity contribution >= 4 is 35.1 Å². The number of hydrogen-bond donors (Lipinski definition) is 0. The van der Waals surface area contributed by atoms with E-state index in [0.29, 0.717) is 26.1 Å². The predicted molar refractivity (Wildman–Crippen MR) is 66.1 cm³/mol. The quantitative estimate of drug-likeness (QED) is 0.586. The largest absolute Gasteiger partial charge is 0.466 e. The number of amides is 1. The number of likely N-dealkylation sites (tertiary alicyclic amines) is 1. The fourth-order valence-corrected chi connectivity index (χ4v) is 2.27. The Kier molecular flexibility index (Phi) is 5.53. The summed E-state index contributed by atoms with van der Waals surface area (Å²) in [6.07, 6.45) is 2.32. The van der Waals surface area contributed by atoms with E-state index >= 15 is 0 Å². The van der Waals surface area contributed by atoms with Crippen molar-refractivity contribution in [3.8, 4) is 0 Å². The molecule has 0 unspecified atom stereocenters. The number of ether oxygens (including phenoxy) is 1. The second kappa shape index (κ2) is 6.45. The monoisotopic (exact) mass is 281 g/mol. The minimum atomic E-state index is -1.34. The van der Waals surface area contributed by atoms with Crippen molar-refractivity contribution in [1.82, 2.24) is 4.90 Å². The lowest BCUT2D eigenvalue weighted by atomic mass is 10.2. The standard InChI is InChI=1S/C11H17Cl2NO3/c1-2-17-9(15)5-8-14-7-4-3-6-11(12,13)10(14)16/h2-8H2,1H3. The highest BCUT2D eigenvalue weighted by Gasteiger charge is 2.38. The molecule has 6 heteroatoms. The zero-order valence-electron chi connectivity index (χ0n) is 9.88. The van der Waals surface area contributed by atoms with Gasteiger partial charge in [-0.15, -0.1) is 0 Å². The van der Waals surface area contributed by atoms with Crippen molar-refractivity contribution in [2.75, 3.05) is 19.7 Å². The summed E-state index contributed by atoms with van der Waals surface area (Å²) in [5.74, 6) is -0.609. The molecule has 0 bridgehead atoms. The smallest absolute Gasteiger partial charge is 0.307 e. The molecule has 0 radical (unpaired) electrons. The minimum Gasteiger partial charge on any atom is -0.466 e. The first-order chi connectivity index (χ1) is 7.97. The first-order valence-corrected chi connectivity index (χ1v) is 6.56. The SMILES string of the molecule is CCOC(=O)CCN1CCCCC(Cl)(Cl)C1=O. The van der Waals surface area contributed by atoms with E-state index in [1.54, 1.807) is 11.8 Å². The molecule has 98 valence electrons. The lowest BCUT2D eigenvalue weighted by Gasteiger charge is -2.25. The first-order valence-electron chi connectivity index (χ1n) is 5.80. The zero-order chi connectivity index (χ0) is 12.9. The molecule has 1 amide bonds. The van der Waals surface area contributed by atoms with Crippen molar-refractivity contribution in [1.29, 1.82) is 0 Å². The molecule has 17 heavy (non-hydrogen) atoms. The number of nitrogens with zero attached hydrogens (tertiary/aromatic N) is 1. The number of esters is 1. The van der Waals surface area contributed by atoms with Crippen LogP contribution < -0.4 is 0 Å². The van der Waals surface area contributed by atoms with E-state index in [9.17, 15) is 9.59 Å². The maximum Gasteiger partial charge on any atom is 0.307 e. The highest BCUT2D eigenvalue weighted by molar-refractivity contribution is 6.58. The van der Waals surface area contributed by atoms with Gasteiger partial charge in [0.2, 0.25) is 0 Å². The van der Waals surface area contributed by atoms with E-state index < -0.39 is 4.33 Å². The van der Waals surface area contributed by atoms with Gasteiger partial charge in [0.15, 0.2) is 4.33 Å². The Morgan fingerprint density at radius 1 is 1.47 bits per heavy atom. The van der Waals surface area contributed by atoms with E-state index in [4.69, 9.17) is 27.9 Å². The van der Waals surface area contributed by atoms with Gasteiger partial charge in [-0.2, -0.15) is 0 Å². The molecular formula is C11H17Cl2NO3. The van der Waals surface area contributed by atoms with Crippen LogP contribution in [0.1, 0.15) is 32.6 Å². The van der Waals surface area contributed by atoms with Crippen LogP contribution in [0.15, 0.2) is 0 Å². The predicted octanol–water partition coefficient (Wildman–Crippen LogP) is 2.13. The van der Waals surface area contributed by atoms with Crippen LogP contribution in [-0.2, 0) is 14.3 Å². The van der Waals surface area contributed by atoms with E-state index in [2.05, 4.69) is 0 Å².